The molecule has 0 saturated carbocycles. The van der Waals surface area contributed by atoms with Crippen LogP contribution in [0.1, 0.15) is 10.4 Å². The zero-order valence-corrected chi connectivity index (χ0v) is 28.4. The SMILES string of the molecule is C#CCOCCOCCOCCOCCOCCOCCOCCOCCOCCOCCOCCOCCOc1ccc(C=O)cc1. The van der Waals surface area contributed by atoms with E-state index in [0.717, 1.165) is 6.29 Å². The van der Waals surface area contributed by atoms with Gasteiger partial charge in [0.05, 0.1) is 152 Å². The summed E-state index contributed by atoms with van der Waals surface area (Å²) in [6.45, 7) is 12.1. The van der Waals surface area contributed by atoms with Crippen molar-refractivity contribution in [3.8, 4) is 18.1 Å². The van der Waals surface area contributed by atoms with E-state index in [1.54, 1.807) is 24.3 Å². The Morgan fingerprint density at radius 3 is 0.896 bits per heavy atom. The maximum absolute atomic E-state index is 10.6. The lowest BCUT2D eigenvalue weighted by atomic mass is 10.2. The average molecular weight is 689 g/mol. The van der Waals surface area contributed by atoms with Gasteiger partial charge in [-0.2, -0.15) is 0 Å². The smallest absolute Gasteiger partial charge is 0.150 e. The number of ether oxygens (including phenoxy) is 13. The predicted octanol–water partition coefficient (Wildman–Crippen LogP) is 1.71. The molecule has 0 amide bonds. The Balaban J connectivity index is 1.63. The molecular formula is C34H56O14. The van der Waals surface area contributed by atoms with Gasteiger partial charge < -0.3 is 61.6 Å². The summed E-state index contributed by atoms with van der Waals surface area (Å²) < 4.78 is 70.6. The van der Waals surface area contributed by atoms with E-state index in [2.05, 4.69) is 5.92 Å². The van der Waals surface area contributed by atoms with Crippen LogP contribution in [-0.2, 0) is 56.8 Å². The highest BCUT2D eigenvalue weighted by atomic mass is 16.6. The lowest BCUT2D eigenvalue weighted by molar-refractivity contribution is -0.0283. The number of terminal acetylenes is 1. The summed E-state index contributed by atoms with van der Waals surface area (Å²) in [7, 11) is 0. The van der Waals surface area contributed by atoms with Gasteiger partial charge in [-0.25, -0.2) is 0 Å². The summed E-state index contributed by atoms with van der Waals surface area (Å²) in [6, 6.07) is 6.93. The fraction of sp³-hybridized carbons (Fsp3) is 0.735. The van der Waals surface area contributed by atoms with Gasteiger partial charge in [0.2, 0.25) is 0 Å². The average Bonchev–Trinajstić information content (AvgIpc) is 3.11. The van der Waals surface area contributed by atoms with Crippen molar-refractivity contribution in [3.63, 3.8) is 0 Å². The minimum absolute atomic E-state index is 0.304. The maximum atomic E-state index is 10.6. The topological polar surface area (TPSA) is 137 Å². The van der Waals surface area contributed by atoms with Gasteiger partial charge in [-0.3, -0.25) is 4.79 Å². The van der Waals surface area contributed by atoms with Crippen molar-refractivity contribution < 1.29 is 66.4 Å². The molecule has 1 aromatic rings. The molecule has 0 unspecified atom stereocenters. The number of carbonyl (C=O) groups is 1. The molecule has 0 aliphatic carbocycles. The monoisotopic (exact) mass is 688 g/mol. The highest BCUT2D eigenvalue weighted by molar-refractivity contribution is 5.74. The van der Waals surface area contributed by atoms with E-state index in [9.17, 15) is 4.79 Å². The molecule has 0 aromatic heterocycles. The molecular weight excluding hydrogens is 632 g/mol. The van der Waals surface area contributed by atoms with Crippen LogP contribution in [0.15, 0.2) is 24.3 Å². The number of aldehydes is 1. The molecule has 1 rings (SSSR count). The lowest BCUT2D eigenvalue weighted by Crippen LogP contribution is -2.15. The third-order valence-corrected chi connectivity index (χ3v) is 5.79. The predicted molar refractivity (Wildman–Crippen MR) is 176 cm³/mol. The van der Waals surface area contributed by atoms with E-state index in [1.165, 1.54) is 0 Å². The van der Waals surface area contributed by atoms with Crippen LogP contribution in [-0.4, -0.2) is 171 Å². The normalized spacial score (nSPS) is 11.1. The second kappa shape index (κ2) is 37.6. The zero-order chi connectivity index (χ0) is 34.3. The second-order valence-corrected chi connectivity index (χ2v) is 9.53. The van der Waals surface area contributed by atoms with Crippen LogP contribution in [0.4, 0.5) is 0 Å². The summed E-state index contributed by atoms with van der Waals surface area (Å²) in [5.41, 5.74) is 0.616. The summed E-state index contributed by atoms with van der Waals surface area (Å²) >= 11 is 0. The quantitative estimate of drug-likeness (QED) is 0.0564. The molecule has 0 heterocycles. The lowest BCUT2D eigenvalue weighted by Gasteiger charge is -2.09. The largest absolute Gasteiger partial charge is 0.491 e. The molecule has 0 atom stereocenters. The molecule has 48 heavy (non-hydrogen) atoms. The number of hydrogen-bond acceptors (Lipinski definition) is 14. The molecule has 0 N–H and O–H groups in total. The maximum Gasteiger partial charge on any atom is 0.150 e. The molecule has 14 heteroatoms. The minimum atomic E-state index is 0.304. The van der Waals surface area contributed by atoms with Crippen molar-refractivity contribution in [1.82, 2.24) is 0 Å². The standard InChI is InChI=1S/C34H56O14/c1-2-7-36-8-9-37-10-11-38-12-13-39-14-15-40-16-17-41-18-19-42-20-21-43-22-23-44-24-25-45-26-27-46-28-29-47-30-31-48-34-5-3-33(32-35)4-6-34/h1,3-6,32H,7-31H2. The Morgan fingerprint density at radius 2 is 0.646 bits per heavy atom. The van der Waals surface area contributed by atoms with Gasteiger partial charge in [-0.1, -0.05) is 5.92 Å². The molecule has 14 nitrogen and oxygen atoms in total. The highest BCUT2D eigenvalue weighted by Gasteiger charge is 1.98. The fourth-order valence-corrected chi connectivity index (χ4v) is 3.41. The van der Waals surface area contributed by atoms with Gasteiger partial charge >= 0.3 is 0 Å². The van der Waals surface area contributed by atoms with Crippen LogP contribution in [0.3, 0.4) is 0 Å². The summed E-state index contributed by atoms with van der Waals surface area (Å²) in [5, 5.41) is 0. The zero-order valence-electron chi connectivity index (χ0n) is 28.4. The molecule has 0 bridgehead atoms. The van der Waals surface area contributed by atoms with Crippen molar-refractivity contribution in [2.45, 2.75) is 0 Å². The van der Waals surface area contributed by atoms with E-state index in [0.29, 0.717) is 176 Å². The van der Waals surface area contributed by atoms with Crippen LogP contribution < -0.4 is 4.74 Å². The van der Waals surface area contributed by atoms with Crippen molar-refractivity contribution in [2.75, 3.05) is 165 Å². The molecule has 1 aromatic carbocycles. The van der Waals surface area contributed by atoms with Crippen LogP contribution in [0.25, 0.3) is 0 Å². The Morgan fingerprint density at radius 1 is 0.396 bits per heavy atom. The third-order valence-electron chi connectivity index (χ3n) is 5.79. The Kier molecular flexibility index (Phi) is 34.3. The van der Waals surface area contributed by atoms with E-state index in [4.69, 9.17) is 68.0 Å². The molecule has 0 saturated heterocycles. The molecule has 0 radical (unpaired) electrons. The van der Waals surface area contributed by atoms with Gasteiger partial charge in [-0.15, -0.1) is 6.42 Å². The van der Waals surface area contributed by atoms with Gasteiger partial charge in [0.1, 0.15) is 25.2 Å². The molecule has 0 spiro atoms. The Hall–Kier alpha value is -2.23. The van der Waals surface area contributed by atoms with E-state index in [1.807, 2.05) is 0 Å². The number of carbonyl (C=O) groups excluding carboxylic acids is 1. The second-order valence-electron chi connectivity index (χ2n) is 9.53. The Bertz CT molecular complexity index is 836. The first-order chi connectivity index (χ1) is 23.9. The first-order valence-electron chi connectivity index (χ1n) is 16.4. The van der Waals surface area contributed by atoms with Gasteiger partial charge in [0, 0.05) is 5.56 Å². The van der Waals surface area contributed by atoms with Crippen LogP contribution in [0.5, 0.6) is 5.75 Å². The van der Waals surface area contributed by atoms with E-state index in [-0.39, 0.29) is 0 Å². The number of hydrogen-bond donors (Lipinski definition) is 0. The van der Waals surface area contributed by atoms with E-state index >= 15 is 0 Å². The summed E-state index contributed by atoms with van der Waals surface area (Å²) in [5.74, 6) is 3.10. The first kappa shape index (κ1) is 43.8. The number of rotatable bonds is 39. The number of benzene rings is 1. The van der Waals surface area contributed by atoms with Crippen molar-refractivity contribution in [1.29, 1.82) is 0 Å². The van der Waals surface area contributed by atoms with Crippen molar-refractivity contribution in [2.24, 2.45) is 0 Å². The van der Waals surface area contributed by atoms with Gasteiger partial charge in [-0.05, 0) is 24.3 Å². The van der Waals surface area contributed by atoms with Crippen molar-refractivity contribution in [3.05, 3.63) is 29.8 Å². The first-order valence-corrected chi connectivity index (χ1v) is 16.4. The van der Waals surface area contributed by atoms with Crippen LogP contribution >= 0.6 is 0 Å². The minimum Gasteiger partial charge on any atom is -0.491 e. The van der Waals surface area contributed by atoms with Crippen LogP contribution in [0.2, 0.25) is 0 Å². The molecule has 0 fully saturated rings. The Labute approximate surface area is 285 Å². The summed E-state index contributed by atoms with van der Waals surface area (Å²) in [4.78, 5) is 10.6. The van der Waals surface area contributed by atoms with Gasteiger partial charge in [0.15, 0.2) is 0 Å². The highest BCUT2D eigenvalue weighted by Crippen LogP contribution is 2.10. The van der Waals surface area contributed by atoms with Gasteiger partial charge in [0.25, 0.3) is 0 Å². The fourth-order valence-electron chi connectivity index (χ4n) is 3.41. The molecule has 0 aliphatic rings. The summed E-state index contributed by atoms with van der Waals surface area (Å²) in [6.07, 6.45) is 5.88. The van der Waals surface area contributed by atoms with E-state index < -0.39 is 0 Å². The molecule has 276 valence electrons. The molecule has 0 aliphatic heterocycles. The van der Waals surface area contributed by atoms with Crippen LogP contribution in [0, 0.1) is 12.3 Å². The van der Waals surface area contributed by atoms with Crippen molar-refractivity contribution >= 4 is 6.29 Å². The third kappa shape index (κ3) is 32.3.